The minimum Gasteiger partial charge on any atom is -0.366 e. The molecule has 0 aliphatic carbocycles. The van der Waals surface area contributed by atoms with Crippen molar-refractivity contribution in [3.63, 3.8) is 0 Å². The summed E-state index contributed by atoms with van der Waals surface area (Å²) in [6, 6.07) is 12.9. The summed E-state index contributed by atoms with van der Waals surface area (Å²) in [6.07, 6.45) is 1.16. The van der Waals surface area contributed by atoms with Crippen molar-refractivity contribution in [2.24, 2.45) is 5.73 Å². The number of hydrogen-bond acceptors (Lipinski definition) is 3. The number of nitrogens with two attached hydrogens (primary N) is 1. The molecule has 1 fully saturated rings. The van der Waals surface area contributed by atoms with Gasteiger partial charge in [-0.3, -0.25) is 14.4 Å². The highest BCUT2D eigenvalue weighted by Gasteiger charge is 2.39. The van der Waals surface area contributed by atoms with Gasteiger partial charge in [-0.25, -0.2) is 4.39 Å². The fourth-order valence-electron chi connectivity index (χ4n) is 4.04. The molecule has 1 heterocycles. The van der Waals surface area contributed by atoms with Crippen LogP contribution in [0.4, 0.5) is 10.1 Å². The summed E-state index contributed by atoms with van der Waals surface area (Å²) < 4.78 is 13.8. The summed E-state index contributed by atoms with van der Waals surface area (Å²) in [4.78, 5) is 36.9. The van der Waals surface area contributed by atoms with Crippen LogP contribution >= 0.6 is 0 Å². The Morgan fingerprint density at radius 3 is 2.43 bits per heavy atom. The van der Waals surface area contributed by atoms with Crippen molar-refractivity contribution in [2.45, 2.75) is 25.3 Å². The molecule has 0 atom stereocenters. The molecule has 158 valence electrons. The molecular formula is C22H26FN4O3+. The Kier molecular flexibility index (Phi) is 6.47. The van der Waals surface area contributed by atoms with E-state index in [0.29, 0.717) is 31.6 Å². The van der Waals surface area contributed by atoms with Gasteiger partial charge in [-0.1, -0.05) is 24.3 Å². The van der Waals surface area contributed by atoms with E-state index in [9.17, 15) is 18.8 Å². The first kappa shape index (κ1) is 21.4. The van der Waals surface area contributed by atoms with E-state index in [1.54, 1.807) is 30.3 Å². The number of benzene rings is 2. The average molecular weight is 413 g/mol. The fraction of sp³-hybridized carbons (Fsp3) is 0.318. The van der Waals surface area contributed by atoms with Crippen LogP contribution in [0, 0.1) is 5.82 Å². The molecule has 2 aromatic rings. The second-order valence-electron chi connectivity index (χ2n) is 7.66. The van der Waals surface area contributed by atoms with Gasteiger partial charge in [-0.15, -0.1) is 0 Å². The van der Waals surface area contributed by atoms with E-state index in [1.807, 2.05) is 6.07 Å². The highest BCUT2D eigenvalue weighted by atomic mass is 19.1. The number of anilines is 1. The topological polar surface area (TPSA) is 106 Å². The molecule has 3 amide bonds. The molecule has 0 aromatic heterocycles. The van der Waals surface area contributed by atoms with E-state index in [2.05, 4.69) is 10.6 Å². The van der Waals surface area contributed by atoms with Gasteiger partial charge in [0.2, 0.25) is 5.91 Å². The fourth-order valence-corrected chi connectivity index (χ4v) is 4.04. The lowest BCUT2D eigenvalue weighted by Crippen LogP contribution is -3.14. The number of piperidine rings is 1. The van der Waals surface area contributed by atoms with Crippen LogP contribution in [-0.4, -0.2) is 37.4 Å². The van der Waals surface area contributed by atoms with Crippen molar-refractivity contribution in [1.82, 2.24) is 5.32 Å². The number of carbonyl (C=O) groups excluding carboxylic acids is 3. The zero-order valence-corrected chi connectivity index (χ0v) is 16.8. The smallest absolute Gasteiger partial charge is 0.279 e. The number of amides is 3. The third-order valence-electron chi connectivity index (χ3n) is 5.48. The quantitative estimate of drug-likeness (QED) is 0.556. The van der Waals surface area contributed by atoms with Crippen molar-refractivity contribution in [1.29, 1.82) is 0 Å². The van der Waals surface area contributed by atoms with E-state index in [4.69, 9.17) is 5.73 Å². The first-order chi connectivity index (χ1) is 14.3. The standard InChI is InChI=1S/C22H25FN4O3/c1-15(28)26-22(16-5-4-6-17(23)13-16)9-11-27(12-10-22)14-20(29)25-19-8-3-2-7-18(19)21(24)30/h2-8,13H,9-12,14H2,1H3,(H2,24,30)(H,25,29)(H,26,28)/p+1. The van der Waals surface area contributed by atoms with Gasteiger partial charge in [0.1, 0.15) is 5.82 Å². The van der Waals surface area contributed by atoms with Crippen molar-refractivity contribution in [3.8, 4) is 0 Å². The van der Waals surface area contributed by atoms with Crippen LogP contribution in [-0.2, 0) is 15.1 Å². The minimum absolute atomic E-state index is 0.177. The summed E-state index contributed by atoms with van der Waals surface area (Å²) in [5, 5.41) is 5.75. The van der Waals surface area contributed by atoms with Crippen molar-refractivity contribution in [3.05, 3.63) is 65.5 Å². The van der Waals surface area contributed by atoms with Crippen molar-refractivity contribution >= 4 is 23.4 Å². The highest BCUT2D eigenvalue weighted by Crippen LogP contribution is 2.30. The number of rotatable bonds is 6. The molecule has 2 aromatic carbocycles. The van der Waals surface area contributed by atoms with Gasteiger partial charge in [-0.2, -0.15) is 0 Å². The maximum Gasteiger partial charge on any atom is 0.279 e. The van der Waals surface area contributed by atoms with Gasteiger partial charge in [0.25, 0.3) is 11.8 Å². The summed E-state index contributed by atoms with van der Waals surface area (Å²) in [5.41, 5.74) is 6.09. The molecule has 5 N–H and O–H groups in total. The predicted octanol–water partition coefficient (Wildman–Crippen LogP) is 0.573. The summed E-state index contributed by atoms with van der Waals surface area (Å²) in [6.45, 7) is 2.92. The largest absolute Gasteiger partial charge is 0.366 e. The van der Waals surface area contributed by atoms with E-state index in [-0.39, 0.29) is 29.7 Å². The average Bonchev–Trinajstić information content (AvgIpc) is 2.69. The maximum atomic E-state index is 13.8. The SMILES string of the molecule is CC(=O)NC1(c2cccc(F)c2)CC[NH+](CC(=O)Nc2ccccc2C(N)=O)CC1. The van der Waals surface area contributed by atoms with E-state index in [0.717, 1.165) is 10.5 Å². The molecule has 0 bridgehead atoms. The summed E-state index contributed by atoms with van der Waals surface area (Å²) >= 11 is 0. The second-order valence-corrected chi connectivity index (χ2v) is 7.66. The predicted molar refractivity (Wildman–Crippen MR) is 110 cm³/mol. The van der Waals surface area contributed by atoms with Crippen LogP contribution in [0.25, 0.3) is 0 Å². The molecule has 3 rings (SSSR count). The molecule has 1 aliphatic rings. The number of carbonyl (C=O) groups is 3. The van der Waals surface area contributed by atoms with Gasteiger partial charge < -0.3 is 21.3 Å². The lowest BCUT2D eigenvalue weighted by atomic mass is 9.80. The normalized spacial score (nSPS) is 20.9. The highest BCUT2D eigenvalue weighted by molar-refractivity contribution is 6.03. The maximum absolute atomic E-state index is 13.8. The Morgan fingerprint density at radius 1 is 1.10 bits per heavy atom. The molecule has 0 spiro atoms. The lowest BCUT2D eigenvalue weighted by Gasteiger charge is -2.40. The van der Waals surface area contributed by atoms with E-state index >= 15 is 0 Å². The monoisotopic (exact) mass is 413 g/mol. The van der Waals surface area contributed by atoms with Crippen LogP contribution in [0.2, 0.25) is 0 Å². The first-order valence-electron chi connectivity index (χ1n) is 9.86. The van der Waals surface area contributed by atoms with Crippen molar-refractivity contribution < 1.29 is 23.7 Å². The lowest BCUT2D eigenvalue weighted by molar-refractivity contribution is -0.898. The minimum atomic E-state index is -0.646. The molecule has 8 heteroatoms. The third kappa shape index (κ3) is 5.01. The van der Waals surface area contributed by atoms with E-state index in [1.165, 1.54) is 19.1 Å². The Morgan fingerprint density at radius 2 is 1.80 bits per heavy atom. The number of likely N-dealkylation sites (tertiary alicyclic amines) is 1. The third-order valence-corrected chi connectivity index (χ3v) is 5.48. The zero-order chi connectivity index (χ0) is 21.7. The van der Waals surface area contributed by atoms with Gasteiger partial charge in [0.05, 0.1) is 29.9 Å². The molecule has 30 heavy (non-hydrogen) atoms. The van der Waals surface area contributed by atoms with Crippen molar-refractivity contribution in [2.75, 3.05) is 25.0 Å². The Bertz CT molecular complexity index is 955. The molecule has 0 saturated carbocycles. The molecule has 1 aliphatic heterocycles. The Balaban J connectivity index is 1.66. The van der Waals surface area contributed by atoms with Crippen LogP contribution in [0.1, 0.15) is 35.7 Å². The summed E-state index contributed by atoms with van der Waals surface area (Å²) in [5.74, 6) is -1.36. The van der Waals surface area contributed by atoms with Gasteiger partial charge >= 0.3 is 0 Å². The molecule has 0 radical (unpaired) electrons. The zero-order valence-electron chi connectivity index (χ0n) is 16.8. The van der Waals surface area contributed by atoms with Gasteiger partial charge in [0.15, 0.2) is 6.54 Å². The number of para-hydroxylation sites is 1. The number of primary amides is 1. The Hall–Kier alpha value is -3.26. The molecular weight excluding hydrogens is 387 g/mol. The summed E-state index contributed by atoms with van der Waals surface area (Å²) in [7, 11) is 0. The second kappa shape index (κ2) is 9.04. The van der Waals surface area contributed by atoms with Crippen LogP contribution in [0.3, 0.4) is 0 Å². The van der Waals surface area contributed by atoms with Crippen LogP contribution < -0.4 is 21.3 Å². The van der Waals surface area contributed by atoms with Gasteiger partial charge in [-0.05, 0) is 29.8 Å². The number of nitrogens with one attached hydrogen (secondary N) is 3. The molecule has 7 nitrogen and oxygen atoms in total. The van der Waals surface area contributed by atoms with E-state index < -0.39 is 11.4 Å². The molecule has 1 saturated heterocycles. The molecule has 0 unspecified atom stereocenters. The number of quaternary nitrogens is 1. The van der Waals surface area contributed by atoms with Gasteiger partial charge in [0, 0.05) is 19.8 Å². The number of hydrogen-bond donors (Lipinski definition) is 4. The number of halogens is 1. The van der Waals surface area contributed by atoms with Crippen LogP contribution in [0.15, 0.2) is 48.5 Å². The Labute approximate surface area is 174 Å². The first-order valence-corrected chi connectivity index (χ1v) is 9.86. The van der Waals surface area contributed by atoms with Crippen LogP contribution in [0.5, 0.6) is 0 Å².